The number of benzene rings is 1. The van der Waals surface area contributed by atoms with Gasteiger partial charge in [0.1, 0.15) is 5.75 Å². The van der Waals surface area contributed by atoms with Crippen LogP contribution in [0.2, 0.25) is 5.02 Å². The van der Waals surface area contributed by atoms with Crippen LogP contribution in [-0.4, -0.2) is 57.2 Å². The number of amides is 1. The maximum atomic E-state index is 13.5. The summed E-state index contributed by atoms with van der Waals surface area (Å²) >= 11 is 6.11. The Morgan fingerprint density at radius 3 is 2.93 bits per heavy atom. The smallest absolute Gasteiger partial charge is 0.407 e. The van der Waals surface area contributed by atoms with E-state index in [1.165, 1.54) is 16.6 Å². The minimum absolute atomic E-state index is 0.00478. The van der Waals surface area contributed by atoms with Crippen molar-refractivity contribution in [2.45, 2.75) is 12.5 Å². The Kier molecular flexibility index (Phi) is 5.16. The zero-order chi connectivity index (χ0) is 20.5. The number of aromatic nitrogens is 3. The third-order valence-electron chi connectivity index (χ3n) is 4.93. The number of hydrogen-bond donors (Lipinski definition) is 1. The van der Waals surface area contributed by atoms with Crippen LogP contribution in [0.15, 0.2) is 41.3 Å². The minimum atomic E-state index is -0.995. The molecule has 1 N–H and O–H groups in total. The Morgan fingerprint density at radius 2 is 2.21 bits per heavy atom. The highest BCUT2D eigenvalue weighted by atomic mass is 35.5. The van der Waals surface area contributed by atoms with Gasteiger partial charge in [0, 0.05) is 37.5 Å². The summed E-state index contributed by atoms with van der Waals surface area (Å²) in [6.45, 7) is 0.600. The van der Waals surface area contributed by atoms with Crippen LogP contribution in [-0.2, 0) is 4.74 Å². The van der Waals surface area contributed by atoms with Crippen LogP contribution in [0.1, 0.15) is 12.5 Å². The standard InChI is InChI=1S/C19H19ClN4O5/c1-28-11-29-16-9-12(20)4-5-14(16)24-15-3-2-7-21-17(15)23(18(24)25)13-6-8-22(10-13)19(26)27/h2-5,7,9,13H,6,8,10-11H2,1H3,(H,26,27). The van der Waals surface area contributed by atoms with Crippen LogP contribution in [0.25, 0.3) is 16.9 Å². The van der Waals surface area contributed by atoms with Crippen LogP contribution < -0.4 is 10.4 Å². The van der Waals surface area contributed by atoms with E-state index in [2.05, 4.69) is 4.98 Å². The molecule has 9 nitrogen and oxygen atoms in total. The van der Waals surface area contributed by atoms with E-state index in [0.29, 0.717) is 40.6 Å². The summed E-state index contributed by atoms with van der Waals surface area (Å²) in [6.07, 6.45) is 1.15. The Labute approximate surface area is 170 Å². The van der Waals surface area contributed by atoms with Gasteiger partial charge in [-0.25, -0.2) is 14.6 Å². The van der Waals surface area contributed by atoms with Crippen molar-refractivity contribution >= 4 is 28.9 Å². The number of imidazole rings is 1. The van der Waals surface area contributed by atoms with Crippen molar-refractivity contribution in [3.8, 4) is 11.4 Å². The topological polar surface area (TPSA) is 98.8 Å². The first-order valence-corrected chi connectivity index (χ1v) is 9.36. The molecule has 1 aliphatic heterocycles. The van der Waals surface area contributed by atoms with E-state index in [-0.39, 0.29) is 25.1 Å². The number of hydrogen-bond acceptors (Lipinski definition) is 5. The number of likely N-dealkylation sites (tertiary alicyclic amines) is 1. The van der Waals surface area contributed by atoms with Crippen molar-refractivity contribution in [1.29, 1.82) is 0 Å². The number of carboxylic acid groups (broad SMARTS) is 1. The molecule has 0 spiro atoms. The number of nitrogens with zero attached hydrogens (tertiary/aromatic N) is 4. The van der Waals surface area contributed by atoms with Crippen LogP contribution >= 0.6 is 11.6 Å². The van der Waals surface area contributed by atoms with E-state index in [1.807, 2.05) is 0 Å². The highest BCUT2D eigenvalue weighted by Crippen LogP contribution is 2.30. The maximum absolute atomic E-state index is 13.5. The fourth-order valence-corrected chi connectivity index (χ4v) is 3.81. The molecular formula is C19H19ClN4O5. The molecule has 1 fully saturated rings. The van der Waals surface area contributed by atoms with Crippen molar-refractivity contribution < 1.29 is 19.4 Å². The van der Waals surface area contributed by atoms with E-state index >= 15 is 0 Å². The van der Waals surface area contributed by atoms with Gasteiger partial charge in [0.05, 0.1) is 17.2 Å². The average molecular weight is 419 g/mol. The number of fused-ring (bicyclic) bond motifs is 1. The first-order valence-electron chi connectivity index (χ1n) is 8.98. The number of carbonyl (C=O) groups is 1. The summed E-state index contributed by atoms with van der Waals surface area (Å²) in [5.74, 6) is 0.392. The molecule has 1 amide bonds. The fraction of sp³-hybridized carbons (Fsp3) is 0.316. The van der Waals surface area contributed by atoms with E-state index in [9.17, 15) is 14.7 Å². The summed E-state index contributed by atoms with van der Waals surface area (Å²) in [7, 11) is 1.50. The van der Waals surface area contributed by atoms with Gasteiger partial charge >= 0.3 is 11.8 Å². The lowest BCUT2D eigenvalue weighted by Gasteiger charge is -2.13. The molecule has 1 aliphatic rings. The molecule has 3 aromatic rings. The molecule has 0 bridgehead atoms. The van der Waals surface area contributed by atoms with Gasteiger partial charge in [0.2, 0.25) is 0 Å². The SMILES string of the molecule is COCOc1cc(Cl)ccc1-n1c(=O)n(C2CCN(C(=O)O)C2)c2ncccc21. The molecule has 4 rings (SSSR count). The Hall–Kier alpha value is -3.04. The van der Waals surface area contributed by atoms with Gasteiger partial charge in [-0.2, -0.15) is 0 Å². The Bertz CT molecular complexity index is 1130. The second-order valence-electron chi connectivity index (χ2n) is 6.67. The summed E-state index contributed by atoms with van der Waals surface area (Å²) in [5.41, 5.74) is 1.26. The summed E-state index contributed by atoms with van der Waals surface area (Å²) in [4.78, 5) is 30.5. The lowest BCUT2D eigenvalue weighted by molar-refractivity contribution is 0.0511. The van der Waals surface area contributed by atoms with E-state index in [4.69, 9.17) is 21.1 Å². The summed E-state index contributed by atoms with van der Waals surface area (Å²) in [5, 5.41) is 9.73. The molecule has 0 aliphatic carbocycles. The van der Waals surface area contributed by atoms with E-state index < -0.39 is 6.09 Å². The summed E-state index contributed by atoms with van der Waals surface area (Å²) in [6, 6.07) is 8.22. The molecule has 1 saturated heterocycles. The lowest BCUT2D eigenvalue weighted by atomic mass is 10.2. The lowest BCUT2D eigenvalue weighted by Crippen LogP contribution is -2.31. The number of ether oxygens (including phenoxy) is 2. The first kappa shape index (κ1) is 19.3. The number of rotatable bonds is 5. The zero-order valence-electron chi connectivity index (χ0n) is 15.6. The zero-order valence-corrected chi connectivity index (χ0v) is 16.4. The maximum Gasteiger partial charge on any atom is 0.407 e. The minimum Gasteiger partial charge on any atom is -0.465 e. The van der Waals surface area contributed by atoms with Gasteiger partial charge in [0.15, 0.2) is 12.4 Å². The molecule has 0 saturated carbocycles. The van der Waals surface area contributed by atoms with Gasteiger partial charge in [-0.15, -0.1) is 0 Å². The monoisotopic (exact) mass is 418 g/mol. The second kappa shape index (κ2) is 7.76. The van der Waals surface area contributed by atoms with Gasteiger partial charge in [-0.3, -0.25) is 9.13 Å². The third-order valence-corrected chi connectivity index (χ3v) is 5.16. The average Bonchev–Trinajstić information content (AvgIpc) is 3.29. The van der Waals surface area contributed by atoms with Gasteiger partial charge in [-0.05, 0) is 30.7 Å². The molecule has 2 aromatic heterocycles. The molecule has 152 valence electrons. The largest absolute Gasteiger partial charge is 0.465 e. The number of halogens is 1. The molecule has 3 heterocycles. The Balaban J connectivity index is 1.89. The van der Waals surface area contributed by atoms with E-state index in [1.54, 1.807) is 41.1 Å². The molecule has 1 atom stereocenters. The van der Waals surface area contributed by atoms with Crippen molar-refractivity contribution in [3.05, 3.63) is 52.0 Å². The number of pyridine rings is 1. The highest BCUT2D eigenvalue weighted by molar-refractivity contribution is 6.30. The summed E-state index contributed by atoms with van der Waals surface area (Å²) < 4.78 is 13.7. The first-order chi connectivity index (χ1) is 14.0. The van der Waals surface area contributed by atoms with Crippen molar-refractivity contribution in [3.63, 3.8) is 0 Å². The quantitative estimate of drug-likeness (QED) is 0.640. The van der Waals surface area contributed by atoms with Gasteiger partial charge < -0.3 is 19.5 Å². The molecule has 0 radical (unpaired) electrons. The van der Waals surface area contributed by atoms with Crippen LogP contribution in [0, 0.1) is 0 Å². The highest BCUT2D eigenvalue weighted by Gasteiger charge is 2.31. The van der Waals surface area contributed by atoms with Crippen molar-refractivity contribution in [2.24, 2.45) is 0 Å². The predicted molar refractivity (Wildman–Crippen MR) is 106 cm³/mol. The Morgan fingerprint density at radius 1 is 1.38 bits per heavy atom. The molecule has 29 heavy (non-hydrogen) atoms. The molecule has 1 aromatic carbocycles. The normalized spacial score (nSPS) is 16.5. The van der Waals surface area contributed by atoms with Crippen LogP contribution in [0.4, 0.5) is 4.79 Å². The van der Waals surface area contributed by atoms with Gasteiger partial charge in [0.25, 0.3) is 0 Å². The van der Waals surface area contributed by atoms with Crippen molar-refractivity contribution in [1.82, 2.24) is 19.0 Å². The molecule has 10 heteroatoms. The van der Waals surface area contributed by atoms with E-state index in [0.717, 1.165) is 0 Å². The molecule has 1 unspecified atom stereocenters. The molecular weight excluding hydrogens is 400 g/mol. The van der Waals surface area contributed by atoms with Crippen molar-refractivity contribution in [2.75, 3.05) is 27.0 Å². The number of methoxy groups -OCH3 is 1. The predicted octanol–water partition coefficient (Wildman–Crippen LogP) is 2.75. The van der Waals surface area contributed by atoms with Crippen LogP contribution in [0.3, 0.4) is 0 Å². The van der Waals surface area contributed by atoms with Gasteiger partial charge in [-0.1, -0.05) is 11.6 Å². The van der Waals surface area contributed by atoms with Crippen LogP contribution in [0.5, 0.6) is 5.75 Å². The fourth-order valence-electron chi connectivity index (χ4n) is 3.65. The third kappa shape index (κ3) is 3.43. The second-order valence-corrected chi connectivity index (χ2v) is 7.10.